The van der Waals surface area contributed by atoms with Gasteiger partial charge in [0.1, 0.15) is 22.5 Å². The van der Waals surface area contributed by atoms with E-state index in [9.17, 15) is 18.4 Å². The number of aromatic nitrogens is 1. The minimum atomic E-state index is -4.63. The van der Waals surface area contributed by atoms with E-state index in [-0.39, 0.29) is 21.7 Å². The summed E-state index contributed by atoms with van der Waals surface area (Å²) in [5, 5.41) is 9.40. The van der Waals surface area contributed by atoms with Gasteiger partial charge in [-0.25, -0.2) is 4.98 Å². The van der Waals surface area contributed by atoms with Crippen LogP contribution in [-0.4, -0.2) is 10.2 Å². The van der Waals surface area contributed by atoms with Gasteiger partial charge in [-0.3, -0.25) is 0 Å². The quantitative estimate of drug-likeness (QED) is 0.635. The maximum absolute atomic E-state index is 13.4. The van der Waals surface area contributed by atoms with E-state index in [1.807, 2.05) is 13.8 Å². The lowest BCUT2D eigenvalue weighted by molar-refractivity contribution is -0.138. The Morgan fingerprint density at radius 3 is 2.58 bits per heavy atom. The Morgan fingerprint density at radius 1 is 1.38 bits per heavy atom. The molecule has 2 aromatic rings. The van der Waals surface area contributed by atoms with Gasteiger partial charge in [0, 0.05) is 5.25 Å². The summed E-state index contributed by atoms with van der Waals surface area (Å²) < 4.78 is 45.5. The summed E-state index contributed by atoms with van der Waals surface area (Å²) in [7, 11) is 0. The lowest BCUT2D eigenvalue weighted by Gasteiger charge is -2.15. The minimum Gasteiger partial charge on any atom is -0.460 e. The molecule has 0 unspecified atom stereocenters. The van der Waals surface area contributed by atoms with E-state index < -0.39 is 17.3 Å². The van der Waals surface area contributed by atoms with Gasteiger partial charge in [0.2, 0.25) is 0 Å². The van der Waals surface area contributed by atoms with Gasteiger partial charge in [0.05, 0.1) is 11.1 Å². The van der Waals surface area contributed by atoms with Crippen LogP contribution in [0.2, 0.25) is 0 Å². The Morgan fingerprint density at radius 2 is 2.08 bits per heavy atom. The fraction of sp³-hybridized carbons (Fsp3) is 0.412. The summed E-state index contributed by atoms with van der Waals surface area (Å²) in [5.74, 6) is 0.839. The van der Waals surface area contributed by atoms with E-state index in [1.165, 1.54) is 11.8 Å². The van der Waals surface area contributed by atoms with Crippen molar-refractivity contribution >= 4 is 11.8 Å². The van der Waals surface area contributed by atoms with Crippen molar-refractivity contribution in [2.45, 2.75) is 50.1 Å². The molecule has 0 saturated heterocycles. The SMILES string of the molecule is CCC[C@H](C)Sc1nc(-c2ccc(C)o2)cc(C(F)(F)F)c1C#N. The Labute approximate surface area is 142 Å². The predicted octanol–water partition coefficient (Wildman–Crippen LogP) is 5.82. The van der Waals surface area contributed by atoms with Crippen molar-refractivity contribution in [2.24, 2.45) is 0 Å². The maximum atomic E-state index is 13.4. The van der Waals surface area contributed by atoms with E-state index >= 15 is 0 Å². The van der Waals surface area contributed by atoms with Gasteiger partial charge in [-0.2, -0.15) is 18.4 Å². The second-order valence-corrected chi connectivity index (χ2v) is 6.90. The molecule has 0 amide bonds. The first-order valence-corrected chi connectivity index (χ1v) is 8.40. The normalized spacial score (nSPS) is 12.9. The second kappa shape index (κ2) is 7.31. The van der Waals surface area contributed by atoms with Crippen molar-refractivity contribution in [2.75, 3.05) is 0 Å². The molecule has 0 aromatic carbocycles. The van der Waals surface area contributed by atoms with Crippen LogP contribution in [0.1, 0.15) is 43.6 Å². The van der Waals surface area contributed by atoms with Crippen molar-refractivity contribution in [1.29, 1.82) is 5.26 Å². The summed E-state index contributed by atoms with van der Waals surface area (Å²) in [5.41, 5.74) is -1.32. The lowest BCUT2D eigenvalue weighted by atomic mass is 10.1. The molecular weight excluding hydrogens is 337 g/mol. The van der Waals surface area contributed by atoms with Crippen LogP contribution in [0.15, 0.2) is 27.6 Å². The standard InChI is InChI=1S/C17H17F3N2OS/c1-4-5-11(3)24-16-12(9-21)13(17(18,19)20)8-14(22-16)15-7-6-10(2)23-15/h6-8,11H,4-5H2,1-3H3/t11-/m0/s1. The third kappa shape index (κ3) is 4.12. The first-order chi connectivity index (χ1) is 11.3. The Bertz CT molecular complexity index is 762. The highest BCUT2D eigenvalue weighted by Gasteiger charge is 2.36. The fourth-order valence-electron chi connectivity index (χ4n) is 2.29. The third-order valence-corrected chi connectivity index (χ3v) is 4.56. The summed E-state index contributed by atoms with van der Waals surface area (Å²) in [6, 6.07) is 5.79. The van der Waals surface area contributed by atoms with E-state index in [0.29, 0.717) is 5.76 Å². The Hall–Kier alpha value is -1.94. The number of aryl methyl sites for hydroxylation is 1. The molecule has 2 rings (SSSR count). The average Bonchev–Trinajstić information content (AvgIpc) is 2.92. The highest BCUT2D eigenvalue weighted by atomic mass is 32.2. The molecule has 0 radical (unpaired) electrons. The molecule has 2 aromatic heterocycles. The van der Waals surface area contributed by atoms with Crippen LogP contribution in [0.4, 0.5) is 13.2 Å². The number of hydrogen-bond acceptors (Lipinski definition) is 4. The molecule has 0 spiro atoms. The Balaban J connectivity index is 2.60. The van der Waals surface area contributed by atoms with Crippen LogP contribution in [0.5, 0.6) is 0 Å². The van der Waals surface area contributed by atoms with Gasteiger partial charge in [-0.1, -0.05) is 20.3 Å². The van der Waals surface area contributed by atoms with E-state index in [0.717, 1.165) is 18.9 Å². The van der Waals surface area contributed by atoms with E-state index in [1.54, 1.807) is 25.1 Å². The number of furan rings is 1. The molecule has 2 heterocycles. The largest absolute Gasteiger partial charge is 0.460 e. The fourth-order valence-corrected chi connectivity index (χ4v) is 3.45. The monoisotopic (exact) mass is 354 g/mol. The molecule has 0 bridgehead atoms. The number of thioether (sulfide) groups is 1. The highest BCUT2D eigenvalue weighted by Crippen LogP contribution is 2.39. The zero-order valence-electron chi connectivity index (χ0n) is 13.6. The highest BCUT2D eigenvalue weighted by molar-refractivity contribution is 7.99. The molecule has 128 valence electrons. The average molecular weight is 354 g/mol. The van der Waals surface area contributed by atoms with Crippen molar-refractivity contribution in [1.82, 2.24) is 4.98 Å². The van der Waals surface area contributed by atoms with E-state index in [2.05, 4.69) is 4.98 Å². The molecule has 0 aliphatic heterocycles. The Kier molecular flexibility index (Phi) is 5.60. The number of nitriles is 1. The summed E-state index contributed by atoms with van der Waals surface area (Å²) >= 11 is 1.19. The molecule has 0 fully saturated rings. The molecule has 0 aliphatic carbocycles. The van der Waals surface area contributed by atoms with Crippen LogP contribution in [0, 0.1) is 18.3 Å². The molecule has 24 heavy (non-hydrogen) atoms. The second-order valence-electron chi connectivity index (χ2n) is 5.47. The number of nitrogens with zero attached hydrogens (tertiary/aromatic N) is 2. The minimum absolute atomic E-state index is 0.0595. The molecular formula is C17H17F3N2OS. The van der Waals surface area contributed by atoms with Gasteiger partial charge >= 0.3 is 6.18 Å². The van der Waals surface area contributed by atoms with Crippen LogP contribution < -0.4 is 0 Å². The van der Waals surface area contributed by atoms with Gasteiger partial charge in [-0.15, -0.1) is 11.8 Å². The summed E-state index contributed by atoms with van der Waals surface area (Å²) in [6.07, 6.45) is -2.91. The number of rotatable bonds is 5. The first kappa shape index (κ1) is 18.4. The van der Waals surface area contributed by atoms with Crippen molar-refractivity contribution < 1.29 is 17.6 Å². The summed E-state index contributed by atoms with van der Waals surface area (Å²) in [4.78, 5) is 4.27. The molecule has 0 saturated carbocycles. The van der Waals surface area contributed by atoms with Gasteiger partial charge < -0.3 is 4.42 Å². The molecule has 0 aliphatic rings. The zero-order valence-corrected chi connectivity index (χ0v) is 14.4. The molecule has 7 heteroatoms. The van der Waals surface area contributed by atoms with Crippen LogP contribution in [0.3, 0.4) is 0 Å². The number of hydrogen-bond donors (Lipinski definition) is 0. The van der Waals surface area contributed by atoms with Gasteiger partial charge in [-0.05, 0) is 31.5 Å². The van der Waals surface area contributed by atoms with Crippen LogP contribution in [0.25, 0.3) is 11.5 Å². The maximum Gasteiger partial charge on any atom is 0.417 e. The molecule has 0 N–H and O–H groups in total. The topological polar surface area (TPSA) is 49.8 Å². The van der Waals surface area contributed by atoms with Crippen molar-refractivity contribution in [3.05, 3.63) is 35.1 Å². The first-order valence-electron chi connectivity index (χ1n) is 7.52. The number of halogens is 3. The van der Waals surface area contributed by atoms with Crippen LogP contribution >= 0.6 is 11.8 Å². The van der Waals surface area contributed by atoms with Crippen LogP contribution in [-0.2, 0) is 6.18 Å². The summed E-state index contributed by atoms with van der Waals surface area (Å²) in [6.45, 7) is 5.61. The lowest BCUT2D eigenvalue weighted by Crippen LogP contribution is -2.11. The molecule has 1 atom stereocenters. The zero-order chi connectivity index (χ0) is 17.9. The van der Waals surface area contributed by atoms with Crippen molar-refractivity contribution in [3.8, 4) is 17.5 Å². The van der Waals surface area contributed by atoms with Gasteiger partial charge in [0.25, 0.3) is 0 Å². The molecule has 3 nitrogen and oxygen atoms in total. The predicted molar refractivity (Wildman–Crippen MR) is 86.6 cm³/mol. The smallest absolute Gasteiger partial charge is 0.417 e. The number of alkyl halides is 3. The van der Waals surface area contributed by atoms with Crippen molar-refractivity contribution in [3.63, 3.8) is 0 Å². The van der Waals surface area contributed by atoms with Gasteiger partial charge in [0.15, 0.2) is 5.76 Å². The number of pyridine rings is 1. The third-order valence-electron chi connectivity index (χ3n) is 3.40. The van der Waals surface area contributed by atoms with E-state index in [4.69, 9.17) is 4.42 Å².